The van der Waals surface area contributed by atoms with Gasteiger partial charge in [-0.1, -0.05) is 30.3 Å². The molecule has 1 saturated carbocycles. The summed E-state index contributed by atoms with van der Waals surface area (Å²) in [5.41, 5.74) is 1.48. The molecule has 32 heavy (non-hydrogen) atoms. The van der Waals surface area contributed by atoms with Crippen LogP contribution in [0.15, 0.2) is 41.7 Å². The van der Waals surface area contributed by atoms with E-state index < -0.39 is 9.84 Å². The fourth-order valence-corrected chi connectivity index (χ4v) is 5.63. The summed E-state index contributed by atoms with van der Waals surface area (Å²) in [5, 5.41) is 3.05. The number of urea groups is 1. The van der Waals surface area contributed by atoms with Crippen LogP contribution in [0.1, 0.15) is 56.8 Å². The summed E-state index contributed by atoms with van der Waals surface area (Å²) in [6, 6.07) is 9.10. The van der Waals surface area contributed by atoms with Crippen LogP contribution in [0.4, 0.5) is 4.79 Å². The molecule has 1 aliphatic carbocycles. The van der Waals surface area contributed by atoms with Gasteiger partial charge in [-0.2, -0.15) is 0 Å². The van der Waals surface area contributed by atoms with E-state index in [0.29, 0.717) is 19.7 Å². The monoisotopic (exact) mass is 460 g/mol. The number of benzene rings is 1. The zero-order chi connectivity index (χ0) is 22.7. The molecule has 1 atom stereocenters. The molecule has 2 fully saturated rings. The predicted molar refractivity (Wildman–Crippen MR) is 121 cm³/mol. The van der Waals surface area contributed by atoms with Gasteiger partial charge < -0.3 is 19.5 Å². The number of ether oxygens (including phenoxy) is 1. The van der Waals surface area contributed by atoms with Crippen LogP contribution in [0, 0.1) is 0 Å². The van der Waals surface area contributed by atoms with E-state index in [-0.39, 0.29) is 35.1 Å². The second-order valence-corrected chi connectivity index (χ2v) is 10.9. The lowest BCUT2D eigenvalue weighted by Crippen LogP contribution is -2.45. The molecule has 0 radical (unpaired) electrons. The number of carbonyl (C=O) groups excluding carboxylic acids is 1. The van der Waals surface area contributed by atoms with E-state index in [1.54, 1.807) is 11.1 Å². The third-order valence-electron chi connectivity index (χ3n) is 5.73. The summed E-state index contributed by atoms with van der Waals surface area (Å²) in [5.74, 6) is -0.0928. The van der Waals surface area contributed by atoms with Crippen molar-refractivity contribution in [1.82, 2.24) is 19.8 Å². The van der Waals surface area contributed by atoms with E-state index in [0.717, 1.165) is 36.9 Å². The molecule has 4 rings (SSSR count). The lowest BCUT2D eigenvalue weighted by atomic mass is 10.2. The number of amides is 2. The van der Waals surface area contributed by atoms with Crippen LogP contribution in [0.25, 0.3) is 0 Å². The molecule has 0 spiro atoms. The van der Waals surface area contributed by atoms with Crippen molar-refractivity contribution in [3.8, 4) is 0 Å². The second kappa shape index (κ2) is 9.62. The zero-order valence-corrected chi connectivity index (χ0v) is 19.6. The molecule has 2 heterocycles. The highest BCUT2D eigenvalue weighted by molar-refractivity contribution is 7.90. The fourth-order valence-electron chi connectivity index (χ4n) is 4.09. The molecule has 174 valence electrons. The fraction of sp³-hybridized carbons (Fsp3) is 0.565. The van der Waals surface area contributed by atoms with Gasteiger partial charge >= 0.3 is 6.03 Å². The second-order valence-electron chi connectivity index (χ2n) is 9.00. The van der Waals surface area contributed by atoms with Crippen molar-refractivity contribution in [2.24, 2.45) is 0 Å². The highest BCUT2D eigenvalue weighted by Crippen LogP contribution is 2.39. The van der Waals surface area contributed by atoms with Crippen molar-refractivity contribution in [3.05, 3.63) is 47.8 Å². The van der Waals surface area contributed by atoms with E-state index in [1.807, 2.05) is 48.7 Å². The molecule has 1 aliphatic heterocycles. The summed E-state index contributed by atoms with van der Waals surface area (Å²) >= 11 is 0. The van der Waals surface area contributed by atoms with Crippen molar-refractivity contribution in [3.63, 3.8) is 0 Å². The van der Waals surface area contributed by atoms with E-state index in [1.165, 1.54) is 0 Å². The number of carbonyl (C=O) groups is 1. The van der Waals surface area contributed by atoms with Gasteiger partial charge in [0, 0.05) is 25.2 Å². The first-order chi connectivity index (χ1) is 15.3. The molecule has 1 N–H and O–H groups in total. The predicted octanol–water partition coefficient (Wildman–Crippen LogP) is 3.29. The summed E-state index contributed by atoms with van der Waals surface area (Å²) < 4.78 is 34.0. The van der Waals surface area contributed by atoms with Gasteiger partial charge in [0.1, 0.15) is 0 Å². The van der Waals surface area contributed by atoms with Gasteiger partial charge in [-0.25, -0.2) is 18.2 Å². The van der Waals surface area contributed by atoms with Gasteiger partial charge in [0.15, 0.2) is 0 Å². The van der Waals surface area contributed by atoms with Crippen molar-refractivity contribution in [2.75, 3.05) is 13.2 Å². The van der Waals surface area contributed by atoms with Gasteiger partial charge in [0.05, 0.1) is 30.3 Å². The minimum Gasteiger partial charge on any atom is -0.376 e. The Morgan fingerprint density at radius 2 is 2.00 bits per heavy atom. The van der Waals surface area contributed by atoms with E-state index in [9.17, 15) is 13.2 Å². The SMILES string of the molecule is CC(C)NC(=O)N(Cc1cnc(S(=O)(=O)Cc2ccccc2)n1C1CC1)C[C@@H]1CCCO1. The van der Waals surface area contributed by atoms with Crippen molar-refractivity contribution in [1.29, 1.82) is 0 Å². The molecule has 8 nitrogen and oxygen atoms in total. The quantitative estimate of drug-likeness (QED) is 0.620. The number of nitrogens with one attached hydrogen (secondary N) is 1. The summed E-state index contributed by atoms with van der Waals surface area (Å²) in [4.78, 5) is 19.0. The molecule has 1 aromatic heterocycles. The first-order valence-electron chi connectivity index (χ1n) is 11.3. The Labute approximate surface area is 189 Å². The number of imidazole rings is 1. The van der Waals surface area contributed by atoms with Crippen LogP contribution in [0.2, 0.25) is 0 Å². The first kappa shape index (κ1) is 22.8. The van der Waals surface area contributed by atoms with E-state index >= 15 is 0 Å². The molecule has 0 unspecified atom stereocenters. The molecule has 1 saturated heterocycles. The van der Waals surface area contributed by atoms with Crippen molar-refractivity contribution < 1.29 is 17.9 Å². The van der Waals surface area contributed by atoms with Crippen molar-refractivity contribution >= 4 is 15.9 Å². The van der Waals surface area contributed by atoms with Crippen LogP contribution in [-0.4, -0.2) is 54.2 Å². The Kier molecular flexibility index (Phi) is 6.85. The average Bonchev–Trinajstić information content (AvgIpc) is 3.27. The van der Waals surface area contributed by atoms with Crippen LogP contribution >= 0.6 is 0 Å². The summed E-state index contributed by atoms with van der Waals surface area (Å²) in [7, 11) is -3.62. The van der Waals surface area contributed by atoms with E-state index in [4.69, 9.17) is 4.74 Å². The van der Waals surface area contributed by atoms with Crippen LogP contribution in [-0.2, 0) is 26.9 Å². The van der Waals surface area contributed by atoms with Crippen molar-refractivity contribution in [2.45, 2.75) is 75.2 Å². The standard InChI is InChI=1S/C23H32N4O4S/c1-17(2)25-22(28)26(15-21-9-6-12-31-21)14-20-13-24-23(27(20)19-10-11-19)32(29,30)16-18-7-4-3-5-8-18/h3-5,7-8,13,17,19,21H,6,9-12,14-16H2,1-2H3,(H,25,28)/t21-/m0/s1. The van der Waals surface area contributed by atoms with Gasteiger partial charge in [0.2, 0.25) is 15.0 Å². The van der Waals surface area contributed by atoms with Gasteiger partial charge in [-0.05, 0) is 45.1 Å². The Hall–Kier alpha value is -2.39. The Balaban J connectivity index is 1.59. The average molecular weight is 461 g/mol. The molecule has 9 heteroatoms. The third-order valence-corrected chi connectivity index (χ3v) is 7.30. The van der Waals surface area contributed by atoms with Gasteiger partial charge in [-0.15, -0.1) is 0 Å². The molecular formula is C23H32N4O4S. The minimum atomic E-state index is -3.62. The lowest BCUT2D eigenvalue weighted by molar-refractivity contribution is 0.0784. The van der Waals surface area contributed by atoms with E-state index in [2.05, 4.69) is 10.3 Å². The molecular weight excluding hydrogens is 428 g/mol. The summed E-state index contributed by atoms with van der Waals surface area (Å²) in [6.07, 6.45) is 5.37. The number of aromatic nitrogens is 2. The zero-order valence-electron chi connectivity index (χ0n) is 18.7. The maximum atomic E-state index is 13.2. The topological polar surface area (TPSA) is 93.5 Å². The number of hydrogen-bond donors (Lipinski definition) is 1. The Morgan fingerprint density at radius 3 is 2.62 bits per heavy atom. The number of nitrogens with zero attached hydrogens (tertiary/aromatic N) is 3. The normalized spacial score (nSPS) is 18.8. The maximum Gasteiger partial charge on any atom is 0.318 e. The summed E-state index contributed by atoms with van der Waals surface area (Å²) in [6.45, 7) is 5.32. The number of hydrogen-bond acceptors (Lipinski definition) is 5. The maximum absolute atomic E-state index is 13.2. The van der Waals surface area contributed by atoms with Crippen LogP contribution in [0.5, 0.6) is 0 Å². The molecule has 2 aliphatic rings. The minimum absolute atomic E-state index is 0.00431. The lowest BCUT2D eigenvalue weighted by Gasteiger charge is -2.27. The smallest absolute Gasteiger partial charge is 0.318 e. The van der Waals surface area contributed by atoms with Crippen LogP contribution in [0.3, 0.4) is 0 Å². The Morgan fingerprint density at radius 1 is 1.25 bits per heavy atom. The Bertz CT molecular complexity index is 1030. The van der Waals surface area contributed by atoms with Crippen LogP contribution < -0.4 is 5.32 Å². The largest absolute Gasteiger partial charge is 0.376 e. The first-order valence-corrected chi connectivity index (χ1v) is 13.0. The molecule has 1 aromatic carbocycles. The third kappa shape index (κ3) is 5.50. The molecule has 2 amide bonds. The number of sulfone groups is 1. The molecule has 0 bridgehead atoms. The highest BCUT2D eigenvalue weighted by atomic mass is 32.2. The number of rotatable bonds is 9. The van der Waals surface area contributed by atoms with Gasteiger partial charge in [-0.3, -0.25) is 0 Å². The van der Waals surface area contributed by atoms with Gasteiger partial charge in [0.25, 0.3) is 0 Å². The highest BCUT2D eigenvalue weighted by Gasteiger charge is 2.34. The molecule has 2 aromatic rings.